The molecule has 0 aliphatic rings. The van der Waals surface area contributed by atoms with Gasteiger partial charge in [-0.2, -0.15) is 0 Å². The van der Waals surface area contributed by atoms with Gasteiger partial charge in [0.05, 0.1) is 26.4 Å². The van der Waals surface area contributed by atoms with Gasteiger partial charge in [0, 0.05) is 25.7 Å². The van der Waals surface area contributed by atoms with E-state index in [1.807, 2.05) is 0 Å². The van der Waals surface area contributed by atoms with E-state index in [0.29, 0.717) is 25.7 Å². The molecule has 0 fully saturated rings. The second-order valence-corrected chi connectivity index (χ2v) is 33.1. The van der Waals surface area contributed by atoms with Crippen LogP contribution >= 0.6 is 15.6 Å². The van der Waals surface area contributed by atoms with Gasteiger partial charge in [0.15, 0.2) is 12.2 Å². The summed E-state index contributed by atoms with van der Waals surface area (Å²) < 4.78 is 68.8. The van der Waals surface area contributed by atoms with E-state index < -0.39 is 97.5 Å². The summed E-state index contributed by atoms with van der Waals surface area (Å²) in [6.07, 6.45) is 63.6. The van der Waals surface area contributed by atoms with Gasteiger partial charge in [-0.1, -0.05) is 382 Å². The minimum atomic E-state index is -4.96. The van der Waals surface area contributed by atoms with E-state index in [9.17, 15) is 43.2 Å². The van der Waals surface area contributed by atoms with Gasteiger partial charge in [-0.3, -0.25) is 37.3 Å². The number of ether oxygens (including phenoxy) is 4. The summed E-state index contributed by atoms with van der Waals surface area (Å²) in [5.74, 6) is -0.468. The van der Waals surface area contributed by atoms with E-state index >= 15 is 0 Å². The molecule has 6 atom stereocenters. The molecular weight excluding hydrogens is 1320 g/mol. The molecule has 0 saturated heterocycles. The summed E-state index contributed by atoms with van der Waals surface area (Å²) in [4.78, 5) is 73.1. The normalized spacial score (nSPS) is 14.2. The fourth-order valence-electron chi connectivity index (χ4n) is 12.7. The maximum atomic E-state index is 13.1. The van der Waals surface area contributed by atoms with Crippen molar-refractivity contribution in [3.05, 3.63) is 0 Å². The molecule has 0 amide bonds. The molecule has 0 aromatic rings. The number of aliphatic hydroxyl groups excluding tert-OH is 1. The highest BCUT2D eigenvalue weighted by atomic mass is 31.2. The van der Waals surface area contributed by atoms with Gasteiger partial charge in [-0.15, -0.1) is 0 Å². The summed E-state index contributed by atoms with van der Waals surface area (Å²) in [6.45, 7) is 9.72. The van der Waals surface area contributed by atoms with E-state index in [1.165, 1.54) is 250 Å². The molecule has 600 valence electrons. The van der Waals surface area contributed by atoms with E-state index in [2.05, 4.69) is 41.5 Å². The van der Waals surface area contributed by atoms with Crippen molar-refractivity contribution in [3.8, 4) is 0 Å². The second kappa shape index (κ2) is 73.6. The third kappa shape index (κ3) is 74.7. The van der Waals surface area contributed by atoms with E-state index in [4.69, 9.17) is 37.0 Å². The zero-order chi connectivity index (χ0) is 74.2. The zero-order valence-corrected chi connectivity index (χ0v) is 68.0. The van der Waals surface area contributed by atoms with Gasteiger partial charge in [-0.05, 0) is 37.5 Å². The van der Waals surface area contributed by atoms with Crippen molar-refractivity contribution in [2.45, 2.75) is 452 Å². The Morgan fingerprint density at radius 2 is 0.505 bits per heavy atom. The van der Waals surface area contributed by atoms with Crippen LogP contribution in [-0.2, 0) is 65.4 Å². The van der Waals surface area contributed by atoms with Crippen molar-refractivity contribution in [3.63, 3.8) is 0 Å². The molecule has 0 aromatic carbocycles. The van der Waals surface area contributed by atoms with E-state index in [-0.39, 0.29) is 25.7 Å². The average molecular weight is 1480 g/mol. The summed E-state index contributed by atoms with van der Waals surface area (Å²) in [7, 11) is -9.92. The van der Waals surface area contributed by atoms with Gasteiger partial charge in [0.25, 0.3) is 0 Å². The Kier molecular flexibility index (Phi) is 72.2. The first-order valence-electron chi connectivity index (χ1n) is 42.5. The molecule has 0 bridgehead atoms. The van der Waals surface area contributed by atoms with Crippen LogP contribution in [0.1, 0.15) is 433 Å². The maximum Gasteiger partial charge on any atom is 0.472 e. The van der Waals surface area contributed by atoms with Crippen molar-refractivity contribution in [1.82, 2.24) is 0 Å². The number of esters is 4. The van der Waals surface area contributed by atoms with E-state index in [1.54, 1.807) is 0 Å². The Bertz CT molecular complexity index is 1940. The molecule has 0 aromatic heterocycles. The van der Waals surface area contributed by atoms with Crippen LogP contribution < -0.4 is 0 Å². The first kappa shape index (κ1) is 99.1. The van der Waals surface area contributed by atoms with Crippen molar-refractivity contribution in [1.29, 1.82) is 0 Å². The number of carbonyl (C=O) groups is 4. The third-order valence-electron chi connectivity index (χ3n) is 19.6. The summed E-state index contributed by atoms with van der Waals surface area (Å²) in [6, 6.07) is 0. The topological polar surface area (TPSA) is 237 Å². The predicted molar refractivity (Wildman–Crippen MR) is 414 cm³/mol. The first-order valence-corrected chi connectivity index (χ1v) is 45.5. The highest BCUT2D eigenvalue weighted by Gasteiger charge is 2.30. The standard InChI is InChI=1S/C82H160O17P2/c1-7-10-12-14-16-18-20-21-22-23-29-36-42-48-54-60-66-81(86)98-77(70-92-79(84)64-58-52-46-40-32-19-17-15-13-11-8-2)72-96-100(88,89)94-68-76(83)69-95-101(90,91)97-73-78(71-93-80(85)65-59-53-47-41-35-31-26-27-33-38-44-50-56-62-74(4)5)99-82(87)67-61-55-49-43-37-30-25-24-28-34-39-45-51-57-63-75(6)9-3/h74-78,83H,7-73H2,1-6H3,(H,88,89)(H,90,91)/t75?,76-,77+,78+/m0/s1. The van der Waals surface area contributed by atoms with Gasteiger partial charge in [-0.25, -0.2) is 9.13 Å². The number of rotatable bonds is 81. The number of phosphoric acid groups is 2. The summed E-state index contributed by atoms with van der Waals surface area (Å²) in [5, 5.41) is 10.7. The number of hydrogen-bond acceptors (Lipinski definition) is 15. The lowest BCUT2D eigenvalue weighted by Crippen LogP contribution is -2.30. The fourth-order valence-corrected chi connectivity index (χ4v) is 14.3. The molecule has 0 aliphatic carbocycles. The van der Waals surface area contributed by atoms with Crippen molar-refractivity contribution in [2.75, 3.05) is 39.6 Å². The van der Waals surface area contributed by atoms with Crippen LogP contribution in [0, 0.1) is 11.8 Å². The monoisotopic (exact) mass is 1480 g/mol. The highest BCUT2D eigenvalue weighted by molar-refractivity contribution is 7.47. The quantitative estimate of drug-likeness (QED) is 0.0222. The zero-order valence-electron chi connectivity index (χ0n) is 66.2. The fraction of sp³-hybridized carbons (Fsp3) is 0.951. The van der Waals surface area contributed by atoms with Crippen LogP contribution in [0.2, 0.25) is 0 Å². The molecule has 3 unspecified atom stereocenters. The van der Waals surface area contributed by atoms with Crippen LogP contribution in [0.3, 0.4) is 0 Å². The highest BCUT2D eigenvalue weighted by Crippen LogP contribution is 2.45. The molecule has 0 heterocycles. The Balaban J connectivity index is 5.26. The van der Waals surface area contributed by atoms with Gasteiger partial charge >= 0.3 is 39.5 Å². The molecule has 3 N–H and O–H groups in total. The third-order valence-corrected chi connectivity index (χ3v) is 21.5. The van der Waals surface area contributed by atoms with Crippen molar-refractivity contribution >= 4 is 39.5 Å². The van der Waals surface area contributed by atoms with Gasteiger partial charge in [0.2, 0.25) is 0 Å². The molecule has 101 heavy (non-hydrogen) atoms. The molecule has 0 radical (unpaired) electrons. The second-order valence-electron chi connectivity index (χ2n) is 30.2. The first-order chi connectivity index (χ1) is 48.9. The molecule has 0 spiro atoms. The SMILES string of the molecule is CCCCCCCCCCCCCCCCCCC(=O)O[C@H](COC(=O)CCCCCCCCCCCCC)COP(=O)(O)OC[C@H](O)COP(=O)(O)OC[C@@H](COC(=O)CCCCCCCCCCCCCCCC(C)C)OC(=O)CCCCCCCCCCCCCCCCC(C)CC. The van der Waals surface area contributed by atoms with Crippen LogP contribution in [0.4, 0.5) is 0 Å². The lowest BCUT2D eigenvalue weighted by molar-refractivity contribution is -0.161. The number of carbonyl (C=O) groups excluding carboxylic acids is 4. The molecule has 19 heteroatoms. The number of unbranched alkanes of at least 4 members (excludes halogenated alkanes) is 50. The average Bonchev–Trinajstić information content (AvgIpc) is 0.972. The van der Waals surface area contributed by atoms with Crippen LogP contribution in [0.5, 0.6) is 0 Å². The Hall–Kier alpha value is -1.94. The molecule has 0 aliphatic heterocycles. The van der Waals surface area contributed by atoms with Crippen LogP contribution in [-0.4, -0.2) is 96.7 Å². The minimum Gasteiger partial charge on any atom is -0.462 e. The minimum absolute atomic E-state index is 0.108. The number of phosphoric ester groups is 2. The largest absolute Gasteiger partial charge is 0.472 e. The summed E-state index contributed by atoms with van der Waals surface area (Å²) in [5.41, 5.74) is 0. The molecule has 0 rings (SSSR count). The van der Waals surface area contributed by atoms with Gasteiger partial charge < -0.3 is 33.8 Å². The lowest BCUT2D eigenvalue weighted by Gasteiger charge is -2.21. The van der Waals surface area contributed by atoms with Crippen molar-refractivity contribution in [2.24, 2.45) is 11.8 Å². The molecular formula is C82H160O17P2. The smallest absolute Gasteiger partial charge is 0.462 e. The number of hydrogen-bond donors (Lipinski definition) is 3. The lowest BCUT2D eigenvalue weighted by atomic mass is 9.99. The Morgan fingerprint density at radius 1 is 0.287 bits per heavy atom. The van der Waals surface area contributed by atoms with E-state index in [0.717, 1.165) is 102 Å². The predicted octanol–water partition coefficient (Wildman–Crippen LogP) is 24.7. The Labute approximate surface area is 619 Å². The Morgan fingerprint density at radius 3 is 0.752 bits per heavy atom. The summed E-state index contributed by atoms with van der Waals surface area (Å²) >= 11 is 0. The van der Waals surface area contributed by atoms with Gasteiger partial charge in [0.1, 0.15) is 19.3 Å². The van der Waals surface area contributed by atoms with Crippen LogP contribution in [0.15, 0.2) is 0 Å². The van der Waals surface area contributed by atoms with Crippen molar-refractivity contribution < 1.29 is 80.2 Å². The maximum absolute atomic E-state index is 13.1. The van der Waals surface area contributed by atoms with Crippen LogP contribution in [0.25, 0.3) is 0 Å². The number of aliphatic hydroxyl groups is 1. The molecule has 0 saturated carbocycles. The molecule has 17 nitrogen and oxygen atoms in total.